The smallest absolute Gasteiger partial charge is 0.308 e. The first kappa shape index (κ1) is 25.2. The molecule has 0 aliphatic heterocycles. The van der Waals surface area contributed by atoms with E-state index in [1.165, 1.54) is 20.1 Å². The van der Waals surface area contributed by atoms with Crippen LogP contribution >= 0.6 is 0 Å². The molecule has 0 atom stereocenters. The molecule has 1 aromatic heterocycles. The number of benzene rings is 3. The quantitative estimate of drug-likeness (QED) is 0.191. The maximum atomic E-state index is 12.6. The molecule has 0 bridgehead atoms. The van der Waals surface area contributed by atoms with Gasteiger partial charge in [-0.15, -0.1) is 0 Å². The first-order valence-electron chi connectivity index (χ1n) is 11.6. The van der Waals surface area contributed by atoms with E-state index < -0.39 is 5.97 Å². The van der Waals surface area contributed by atoms with Crippen LogP contribution in [-0.4, -0.2) is 28.5 Å². The summed E-state index contributed by atoms with van der Waals surface area (Å²) in [7, 11) is 1.49. The minimum atomic E-state index is -0.458. The highest BCUT2D eigenvalue weighted by Crippen LogP contribution is 2.29. The number of hydrogen-bond acceptors (Lipinski definition) is 6. The fraction of sp³-hybridized carbons (Fsp3) is 0.138. The van der Waals surface area contributed by atoms with E-state index in [-0.39, 0.29) is 18.3 Å². The molecule has 0 saturated carbocycles. The Bertz CT molecular complexity index is 1420. The number of methoxy groups -OCH3 is 1. The number of aromatic nitrogens is 2. The van der Waals surface area contributed by atoms with Gasteiger partial charge in [0.1, 0.15) is 12.4 Å². The van der Waals surface area contributed by atoms with E-state index in [0.29, 0.717) is 22.7 Å². The zero-order valence-corrected chi connectivity index (χ0v) is 20.8. The van der Waals surface area contributed by atoms with Gasteiger partial charge < -0.3 is 24.1 Å². The molecule has 188 valence electrons. The number of hydrogen-bond donors (Lipinski definition) is 1. The number of nitrogens with zero attached hydrogens (tertiary/aromatic N) is 2. The third-order valence-electron chi connectivity index (χ3n) is 5.38. The standard InChI is InChI=1S/C29H27N3O5/c1-20-17-32(19-30-20)24-10-12-25(13-11-24)36-18-23-6-4-5-7-26(23)31-29(34)15-9-22-8-14-27(35-3)28(16-22)37-21(2)33/h4-17,19H,18H2,1-3H3,(H,31,34)/b15-9+. The number of nitrogens with one attached hydrogen (secondary N) is 1. The van der Waals surface area contributed by atoms with Crippen LogP contribution in [0.25, 0.3) is 11.8 Å². The van der Waals surface area contributed by atoms with Gasteiger partial charge in [-0.25, -0.2) is 4.98 Å². The van der Waals surface area contributed by atoms with Crippen LogP contribution in [0.5, 0.6) is 17.2 Å². The molecule has 0 saturated heterocycles. The van der Waals surface area contributed by atoms with E-state index in [9.17, 15) is 9.59 Å². The predicted molar refractivity (Wildman–Crippen MR) is 141 cm³/mol. The lowest BCUT2D eigenvalue weighted by molar-refractivity contribution is -0.132. The second kappa shape index (κ2) is 11.7. The summed E-state index contributed by atoms with van der Waals surface area (Å²) >= 11 is 0. The van der Waals surface area contributed by atoms with Crippen molar-refractivity contribution in [3.8, 4) is 22.9 Å². The zero-order valence-electron chi connectivity index (χ0n) is 20.8. The third kappa shape index (κ3) is 6.85. The number of anilines is 1. The topological polar surface area (TPSA) is 91.7 Å². The predicted octanol–water partition coefficient (Wildman–Crippen LogP) is 5.35. The lowest BCUT2D eigenvalue weighted by atomic mass is 10.1. The van der Waals surface area contributed by atoms with Crippen molar-refractivity contribution in [1.82, 2.24) is 9.55 Å². The Morgan fingerprint density at radius 2 is 1.81 bits per heavy atom. The average molecular weight is 498 g/mol. The number of imidazole rings is 1. The monoisotopic (exact) mass is 497 g/mol. The van der Waals surface area contributed by atoms with E-state index >= 15 is 0 Å². The van der Waals surface area contributed by atoms with Gasteiger partial charge in [0.05, 0.1) is 19.1 Å². The van der Waals surface area contributed by atoms with Crippen molar-refractivity contribution in [2.75, 3.05) is 12.4 Å². The molecule has 0 radical (unpaired) electrons. The highest BCUT2D eigenvalue weighted by Gasteiger charge is 2.09. The second-order valence-electron chi connectivity index (χ2n) is 8.19. The van der Waals surface area contributed by atoms with Crippen molar-refractivity contribution in [3.63, 3.8) is 0 Å². The molecule has 1 heterocycles. The van der Waals surface area contributed by atoms with Gasteiger partial charge in [-0.3, -0.25) is 9.59 Å². The molecular weight excluding hydrogens is 470 g/mol. The summed E-state index contributed by atoms with van der Waals surface area (Å²) < 4.78 is 18.3. The Kier molecular flexibility index (Phi) is 8.00. The van der Waals surface area contributed by atoms with Crippen molar-refractivity contribution < 1.29 is 23.8 Å². The van der Waals surface area contributed by atoms with Gasteiger partial charge in [-0.2, -0.15) is 0 Å². The Hall–Kier alpha value is -4.85. The summed E-state index contributed by atoms with van der Waals surface area (Å²) in [5.41, 5.74) is 4.10. The van der Waals surface area contributed by atoms with Crippen LogP contribution in [0.3, 0.4) is 0 Å². The molecule has 0 unspecified atom stereocenters. The van der Waals surface area contributed by atoms with Crippen molar-refractivity contribution >= 4 is 23.6 Å². The van der Waals surface area contributed by atoms with Crippen molar-refractivity contribution in [2.45, 2.75) is 20.5 Å². The van der Waals surface area contributed by atoms with E-state index in [4.69, 9.17) is 14.2 Å². The van der Waals surface area contributed by atoms with Gasteiger partial charge >= 0.3 is 5.97 Å². The summed E-state index contributed by atoms with van der Waals surface area (Å²) in [4.78, 5) is 28.2. The highest BCUT2D eigenvalue weighted by molar-refractivity contribution is 6.02. The summed E-state index contributed by atoms with van der Waals surface area (Å²) in [6, 6.07) is 20.2. The Balaban J connectivity index is 1.39. The van der Waals surface area contributed by atoms with Crippen molar-refractivity contribution in [3.05, 3.63) is 102 Å². The van der Waals surface area contributed by atoms with Crippen LogP contribution in [0.1, 0.15) is 23.7 Å². The molecule has 4 aromatic rings. The van der Waals surface area contributed by atoms with Crippen LogP contribution < -0.4 is 19.5 Å². The van der Waals surface area contributed by atoms with Crippen LogP contribution in [-0.2, 0) is 16.2 Å². The van der Waals surface area contributed by atoms with Gasteiger partial charge in [0.15, 0.2) is 11.5 Å². The lowest BCUT2D eigenvalue weighted by Gasteiger charge is -2.12. The number of para-hydroxylation sites is 1. The molecule has 0 aliphatic rings. The number of ether oxygens (including phenoxy) is 3. The van der Waals surface area contributed by atoms with Crippen molar-refractivity contribution in [1.29, 1.82) is 0 Å². The maximum Gasteiger partial charge on any atom is 0.308 e. The maximum absolute atomic E-state index is 12.6. The first-order chi connectivity index (χ1) is 17.9. The number of esters is 1. The van der Waals surface area contributed by atoms with Crippen LogP contribution in [0.4, 0.5) is 5.69 Å². The summed E-state index contributed by atoms with van der Waals surface area (Å²) in [6.07, 6.45) is 6.76. The minimum Gasteiger partial charge on any atom is -0.493 e. The fourth-order valence-corrected chi connectivity index (χ4v) is 3.58. The molecule has 0 aliphatic carbocycles. The fourth-order valence-electron chi connectivity index (χ4n) is 3.58. The van der Waals surface area contributed by atoms with Crippen LogP contribution in [0.15, 0.2) is 85.3 Å². The van der Waals surface area contributed by atoms with E-state index in [0.717, 1.165) is 16.9 Å². The minimum absolute atomic E-state index is 0.285. The largest absolute Gasteiger partial charge is 0.493 e. The van der Waals surface area contributed by atoms with Crippen molar-refractivity contribution in [2.24, 2.45) is 0 Å². The Morgan fingerprint density at radius 3 is 2.51 bits per heavy atom. The summed E-state index contributed by atoms with van der Waals surface area (Å²) in [5, 5.41) is 2.89. The van der Waals surface area contributed by atoms with E-state index in [1.807, 2.05) is 66.2 Å². The van der Waals surface area contributed by atoms with E-state index in [1.54, 1.807) is 30.6 Å². The average Bonchev–Trinajstić information content (AvgIpc) is 3.33. The summed E-state index contributed by atoms with van der Waals surface area (Å²) in [6.45, 7) is 3.54. The molecule has 3 aromatic carbocycles. The number of rotatable bonds is 9. The molecule has 0 spiro atoms. The molecule has 0 fully saturated rings. The molecule has 8 heteroatoms. The number of aryl methyl sites for hydroxylation is 1. The SMILES string of the molecule is COc1ccc(/C=C/C(=O)Nc2ccccc2COc2ccc(-n3cnc(C)c3)cc2)cc1OC(C)=O. The number of carbonyl (C=O) groups excluding carboxylic acids is 2. The zero-order chi connectivity index (χ0) is 26.2. The lowest BCUT2D eigenvalue weighted by Crippen LogP contribution is -2.10. The van der Waals surface area contributed by atoms with Gasteiger partial charge in [0.2, 0.25) is 5.91 Å². The molecular formula is C29H27N3O5. The molecule has 37 heavy (non-hydrogen) atoms. The van der Waals surface area contributed by atoms with E-state index in [2.05, 4.69) is 10.3 Å². The highest BCUT2D eigenvalue weighted by atomic mass is 16.6. The molecule has 1 amide bonds. The third-order valence-corrected chi connectivity index (χ3v) is 5.38. The van der Waals surface area contributed by atoms with Crippen LogP contribution in [0, 0.1) is 6.92 Å². The second-order valence-corrected chi connectivity index (χ2v) is 8.19. The van der Waals surface area contributed by atoms with Gasteiger partial charge in [0, 0.05) is 36.1 Å². The molecule has 4 rings (SSSR count). The first-order valence-corrected chi connectivity index (χ1v) is 11.6. The Morgan fingerprint density at radius 1 is 1.03 bits per heavy atom. The number of amides is 1. The summed E-state index contributed by atoms with van der Waals surface area (Å²) in [5.74, 6) is 0.660. The van der Waals surface area contributed by atoms with Crippen LogP contribution in [0.2, 0.25) is 0 Å². The van der Waals surface area contributed by atoms with Gasteiger partial charge in [0.25, 0.3) is 0 Å². The normalized spacial score (nSPS) is 10.8. The molecule has 1 N–H and O–H groups in total. The molecule has 8 nitrogen and oxygen atoms in total. The number of carbonyl (C=O) groups is 2. The van der Waals surface area contributed by atoms with Gasteiger partial charge in [-0.05, 0) is 61.0 Å². The Labute approximate surface area is 215 Å². The van der Waals surface area contributed by atoms with Gasteiger partial charge in [-0.1, -0.05) is 24.3 Å².